The molecule has 39 nitrogen and oxygen atoms in total. The van der Waals surface area contributed by atoms with Crippen molar-refractivity contribution in [1.82, 2.24) is 49.8 Å². The highest BCUT2D eigenvalue weighted by molar-refractivity contribution is 8.48. The fourth-order valence-corrected chi connectivity index (χ4v) is 25.0. The van der Waals surface area contributed by atoms with Crippen LogP contribution in [0.25, 0.3) is 0 Å². The van der Waals surface area contributed by atoms with Crippen LogP contribution >= 0.6 is 38.0 Å². The minimum atomic E-state index is -1.74. The maximum Gasteiger partial charge on any atom is 0.351 e. The number of allylic oxidation sites excluding steroid dienone is 5. The Bertz CT molecular complexity index is 5110. The predicted molar refractivity (Wildman–Crippen MR) is 567 cm³/mol. The number of nitrogens with zero attached hydrogens (tertiary/aromatic N) is 15. The molecular weight excluding hydrogens is 2000 g/mol. The summed E-state index contributed by atoms with van der Waals surface area (Å²) in [5, 5.41) is 101. The van der Waals surface area contributed by atoms with E-state index in [1.54, 1.807) is 65.8 Å². The molecule has 5 aromatic rings. The first-order valence-corrected chi connectivity index (χ1v) is 59.9. The van der Waals surface area contributed by atoms with Crippen molar-refractivity contribution < 1.29 is 89.8 Å². The summed E-state index contributed by atoms with van der Waals surface area (Å²) in [6, 6.07) is 0. The Labute approximate surface area is 857 Å². The molecule has 765 valence electrons. The van der Waals surface area contributed by atoms with Gasteiger partial charge in [0, 0.05) is 80.9 Å². The highest BCUT2D eigenvalue weighted by atomic mass is 32.7. The van der Waals surface area contributed by atoms with Crippen LogP contribution in [0.2, 0.25) is 0 Å². The van der Waals surface area contributed by atoms with Gasteiger partial charge in [0.1, 0.15) is 126 Å². The third-order valence-electron chi connectivity index (χ3n) is 25.3. The average molecular weight is 2140 g/mol. The molecule has 10 rings (SSSR count). The van der Waals surface area contributed by atoms with E-state index in [1.807, 2.05) is 6.08 Å². The number of aryl methyl sites for hydroxylation is 10. The maximum atomic E-state index is 12.1. The normalized spacial score (nSPS) is 27.4. The highest BCUT2D eigenvalue weighted by Crippen LogP contribution is 2.49. The molecule has 4 N–H and O–H groups in total. The van der Waals surface area contributed by atoms with Gasteiger partial charge in [-0.05, 0) is 269 Å². The van der Waals surface area contributed by atoms with Gasteiger partial charge in [-0.2, -0.15) is 24.9 Å². The average Bonchev–Trinajstić information content (AvgIpc) is 1.63. The summed E-state index contributed by atoms with van der Waals surface area (Å²) in [4.78, 5) is 95.5. The topological polar surface area (TPSA) is 557 Å². The lowest BCUT2D eigenvalue weighted by Gasteiger charge is -2.24. The summed E-state index contributed by atoms with van der Waals surface area (Å²) in [7, 11) is -11.2. The molecule has 5 aromatic heterocycles. The van der Waals surface area contributed by atoms with Gasteiger partial charge in [0.2, 0.25) is 0 Å². The lowest BCUT2D eigenvalue weighted by Crippen LogP contribution is -2.35. The molecule has 54 heteroatoms. The van der Waals surface area contributed by atoms with Gasteiger partial charge < -0.3 is 44.1 Å². The predicted octanol–water partition coefficient (Wildman–Crippen LogP) is 12.6. The second kappa shape index (κ2) is 60.9. The van der Waals surface area contributed by atoms with Crippen LogP contribution in [0.4, 0.5) is 28.4 Å². The monoisotopic (exact) mass is 2140 g/mol. The molecule has 0 aliphatic heterocycles. The van der Waals surface area contributed by atoms with Gasteiger partial charge in [-0.3, -0.25) is 71.6 Å². The molecule has 5 heterocycles. The number of ether oxygens (including phenoxy) is 5. The molecule has 0 aromatic carbocycles. The van der Waals surface area contributed by atoms with Crippen molar-refractivity contribution >= 4 is 156 Å². The molecule has 5 aliphatic carbocycles. The Morgan fingerprint density at radius 2 is 0.500 bits per heavy atom. The van der Waals surface area contributed by atoms with Crippen LogP contribution in [0.5, 0.6) is 29.4 Å². The van der Waals surface area contributed by atoms with E-state index in [4.69, 9.17) is 36.8 Å². The molecule has 10 unspecified atom stereocenters. The molecule has 5 aliphatic rings. The molecule has 5 fully saturated rings. The van der Waals surface area contributed by atoms with Gasteiger partial charge in [0.25, 0.3) is 29.4 Å². The largest absolute Gasteiger partial charge is 0.469 e. The Hall–Kier alpha value is -6.84. The summed E-state index contributed by atoms with van der Waals surface area (Å²) in [6.07, 6.45) is 15.1. The number of nitro groups is 5. The van der Waals surface area contributed by atoms with Crippen LogP contribution < -0.4 is 23.7 Å². The Kier molecular flexibility index (Phi) is 46.1. The number of rotatable bonds is 55. The molecule has 5 saturated carbocycles. The van der Waals surface area contributed by atoms with E-state index in [-0.39, 0.29) is 181 Å². The minimum Gasteiger partial charge on any atom is -0.469 e. The van der Waals surface area contributed by atoms with Gasteiger partial charge in [-0.25, -0.2) is 24.9 Å². The van der Waals surface area contributed by atoms with Gasteiger partial charge in [-0.1, -0.05) is 75.3 Å². The van der Waals surface area contributed by atoms with Crippen LogP contribution in [0, 0.1) is 185 Å². The van der Waals surface area contributed by atoms with Crippen LogP contribution in [0.15, 0.2) is 63.3 Å². The van der Waals surface area contributed by atoms with Gasteiger partial charge in [0.05, 0.1) is 55.4 Å². The molecule has 0 bridgehead atoms. The molecule has 140 heavy (non-hydrogen) atoms. The number of hydrogen-bond donors (Lipinski definition) is 4. The Morgan fingerprint density at radius 1 is 0.329 bits per heavy atom. The van der Waals surface area contributed by atoms with Crippen LogP contribution in [0.3, 0.4) is 0 Å². The molecule has 0 spiro atoms. The van der Waals surface area contributed by atoms with Crippen molar-refractivity contribution in [2.75, 3.05) is 28.8 Å². The first kappa shape index (κ1) is 106. The quantitative estimate of drug-likeness (QED) is 0.00923. The van der Waals surface area contributed by atoms with Crippen molar-refractivity contribution in [3.63, 3.8) is 0 Å². The third-order valence-corrected chi connectivity index (χ3v) is 35.7. The molecule has 30 atom stereocenters. The molecular formula is C86H132B5N15O24P5S5. The standard InChI is InChI=1S/C18H28BN3O4PS.4C17H26BN3O5PS/c1-5-6-7-15-10-14(8-9-28(25)27-19)11(2)17(15)26-18-16(22(23)24)12(3)20-13(4)21-18;2*1-4-5-6-13-9-12(7-8-28(25)27-18)15(22)16(13)26-17-14(21(23)24)10(2)19-11(3)20-17;2*1-4-5-6-12-9-13(7-8-28(25)27-18)16(15(12)22)26-17-14(21(23)24)10(2)19-11(3)20-17/h5,11,14-15,17,19,27H,1,6-10H2,2-4H3;4*4,12-13,15-16,18,22,27H,1,5-9H2,2-3H3/t11-,14+,15+,17-,27?,28?;12-,13-,15+,16-,27?,28?;12-,13-,15-,16+,27?,28?;12-,13-,15+,16-,27?,28?;12-,13-,15-,16+,27?,28?/m10000/s1/i19T,27D;4*18T,27D. The summed E-state index contributed by atoms with van der Waals surface area (Å²) in [5.74, 6) is 1.66. The smallest absolute Gasteiger partial charge is 0.351 e. The van der Waals surface area contributed by atoms with Crippen LogP contribution in [0.1, 0.15) is 193 Å². The van der Waals surface area contributed by atoms with E-state index >= 15 is 0 Å². The summed E-state index contributed by atoms with van der Waals surface area (Å²) in [6.45, 7) is 36.4. The van der Waals surface area contributed by atoms with Crippen molar-refractivity contribution in [2.24, 2.45) is 65.1 Å². The van der Waals surface area contributed by atoms with Gasteiger partial charge in [-0.15, -0.1) is 32.9 Å². The molecule has 5 radical (unpaired) electrons. The lowest BCUT2D eigenvalue weighted by atomic mass is 9.94. The first-order chi connectivity index (χ1) is 70.9. The second-order valence-electron chi connectivity index (χ2n) is 34.8. The zero-order valence-corrected chi connectivity index (χ0v) is 89.0. The van der Waals surface area contributed by atoms with Crippen LogP contribution in [-0.2, 0) is 52.1 Å². The number of aromatic nitrogens is 10. The zero-order chi connectivity index (χ0) is 112. The first-order valence-electron chi connectivity index (χ1n) is 50.6. The van der Waals surface area contributed by atoms with E-state index < -0.39 is 164 Å². The van der Waals surface area contributed by atoms with Crippen LogP contribution in [-0.4, -0.2) is 250 Å². The fourth-order valence-electron chi connectivity index (χ4n) is 18.8. The van der Waals surface area contributed by atoms with Gasteiger partial charge >= 0.3 is 28.4 Å². The lowest BCUT2D eigenvalue weighted by molar-refractivity contribution is -0.387. The fraction of sp³-hybridized carbons (Fsp3) is 0.651. The highest BCUT2D eigenvalue weighted by Gasteiger charge is 2.50. The summed E-state index contributed by atoms with van der Waals surface area (Å²) in [5.41, 5.74) is -0.463. The van der Waals surface area contributed by atoms with E-state index in [2.05, 4.69) is 89.7 Å². The third kappa shape index (κ3) is 36.1. The zero-order valence-electron chi connectivity index (χ0n) is 90.5. The van der Waals surface area contributed by atoms with Crippen molar-refractivity contribution in [1.29, 1.82) is 13.1 Å². The summed E-state index contributed by atoms with van der Waals surface area (Å²) >= 11 is 0. The van der Waals surface area contributed by atoms with E-state index in [0.29, 0.717) is 144 Å². The van der Waals surface area contributed by atoms with Crippen molar-refractivity contribution in [3.05, 3.63) is 171 Å². The maximum absolute atomic E-state index is 12.1. The minimum absolute atomic E-state index is 0.00756. The van der Waals surface area contributed by atoms with Crippen molar-refractivity contribution in [3.8, 4) is 29.4 Å². The Balaban J connectivity index is 0.000000286. The summed E-state index contributed by atoms with van der Waals surface area (Å²) < 4.78 is 164. The molecule has 0 amide bonds. The Morgan fingerprint density at radius 3 is 0.707 bits per heavy atom. The number of hydrogen-bond acceptors (Lipinski definition) is 34. The van der Waals surface area contributed by atoms with E-state index in [0.717, 1.165) is 56.9 Å². The molecule has 0 saturated heterocycles. The van der Waals surface area contributed by atoms with E-state index in [1.165, 1.54) is 27.7 Å². The van der Waals surface area contributed by atoms with E-state index in [9.17, 15) is 92.0 Å². The van der Waals surface area contributed by atoms with Gasteiger partial charge in [0.15, 0.2) is 0 Å². The second-order valence-corrected chi connectivity index (χ2v) is 50.4. The van der Waals surface area contributed by atoms with Crippen molar-refractivity contribution in [2.45, 2.75) is 260 Å². The number of aliphatic hydroxyl groups is 4. The SMILES string of the molecule is [2H]P([B][3H])S(=O)CC[C@H]1C[C@H](CCC=C)[C@@H](O)[C@H]1Oc1nc(C)nc(C)c1[N+](=O)[O-].[2H]P([B][3H])S(=O)CC[C@H]1C[C@H](CCC=C)[C@@H](Oc2nc(C)nc(C)c2[N+](=O)[O-])[C@H]1O.[2H]P([B][3H])S(=O)CC[C@H]1C[C@H](CCC=C)[C@H](O)[C@@H]1Oc1nc(C)nc(C)c1[N+](=O)[O-].[2H]P([B][3H])S(=O)CC[C@H]1C[C@H](CCC=C)[C@H](Oc2nc(C)nc(C)c2[N+](=O)[O-])[C@@H]1C.[2H]P([B][3H])S(=O)CC[C@H]1C[C@H](CCC=C)[C@H](Oc2nc(C)nc(C)c2[N+](=O)[O-])[C@@H]1O. The number of aliphatic hydroxyl groups excluding tert-OH is 4.